The molecule has 1 aromatic heterocycles. The zero-order chi connectivity index (χ0) is 15.9. The summed E-state index contributed by atoms with van der Waals surface area (Å²) in [5, 5.41) is 0.500. The number of halogens is 1. The highest BCUT2D eigenvalue weighted by atomic mass is 35.5. The molecule has 1 aromatic rings. The first-order valence-corrected chi connectivity index (χ1v) is 8.07. The van der Waals surface area contributed by atoms with Gasteiger partial charge in [0.25, 0.3) is 0 Å². The Morgan fingerprint density at radius 2 is 2.14 bits per heavy atom. The molecule has 0 bridgehead atoms. The average Bonchev–Trinajstić information content (AvgIpc) is 2.40. The maximum Gasteiger partial charge on any atom is 0.410 e. The molecular formula is C16H22ClN3O2. The van der Waals surface area contributed by atoms with Crippen LogP contribution in [0.2, 0.25) is 5.15 Å². The van der Waals surface area contributed by atoms with Crippen molar-refractivity contribution < 1.29 is 9.53 Å². The number of amides is 1. The number of rotatable bonds is 1. The summed E-state index contributed by atoms with van der Waals surface area (Å²) in [6.45, 7) is 8.20. The largest absolute Gasteiger partial charge is 0.444 e. The highest BCUT2D eigenvalue weighted by Gasteiger charge is 2.44. The molecule has 6 heteroatoms. The summed E-state index contributed by atoms with van der Waals surface area (Å²) in [6, 6.07) is 4.14. The van der Waals surface area contributed by atoms with Crippen molar-refractivity contribution in [1.29, 1.82) is 0 Å². The standard InChI is InChI=1S/C16H22ClN3O2/c1-16(2,3)22-15(21)19-7-6-11-9-20(13(11)10-19)12-4-5-14(17)18-8-12/h4-5,8,11,13H,6-7,9-10H2,1-3H3/t11-,13-/m0/s1. The zero-order valence-corrected chi connectivity index (χ0v) is 14.0. The summed E-state index contributed by atoms with van der Waals surface area (Å²) in [5.74, 6) is 0.648. The van der Waals surface area contributed by atoms with E-state index >= 15 is 0 Å². The number of piperidine rings is 1. The van der Waals surface area contributed by atoms with E-state index in [-0.39, 0.29) is 6.09 Å². The monoisotopic (exact) mass is 323 g/mol. The van der Waals surface area contributed by atoms with E-state index in [1.807, 2.05) is 31.7 Å². The number of carbonyl (C=O) groups excluding carboxylic acids is 1. The van der Waals surface area contributed by atoms with Gasteiger partial charge in [-0.3, -0.25) is 0 Å². The highest BCUT2D eigenvalue weighted by Crippen LogP contribution is 2.36. The number of hydrogen-bond donors (Lipinski definition) is 0. The Kier molecular flexibility index (Phi) is 3.93. The first-order valence-electron chi connectivity index (χ1n) is 7.69. The lowest BCUT2D eigenvalue weighted by Crippen LogP contribution is -2.65. The summed E-state index contributed by atoms with van der Waals surface area (Å²) < 4.78 is 5.48. The molecule has 3 heterocycles. The predicted molar refractivity (Wildman–Crippen MR) is 86.3 cm³/mol. The summed E-state index contributed by atoms with van der Waals surface area (Å²) >= 11 is 5.84. The molecule has 1 amide bonds. The Balaban J connectivity index is 1.65. The van der Waals surface area contributed by atoms with Gasteiger partial charge in [0.05, 0.1) is 17.9 Å². The molecule has 2 atom stereocenters. The minimum Gasteiger partial charge on any atom is -0.444 e. The molecule has 5 nitrogen and oxygen atoms in total. The van der Waals surface area contributed by atoms with Crippen molar-refractivity contribution in [3.05, 3.63) is 23.5 Å². The molecule has 0 aliphatic carbocycles. The summed E-state index contributed by atoms with van der Waals surface area (Å²) in [4.78, 5) is 20.5. The molecule has 2 fully saturated rings. The lowest BCUT2D eigenvalue weighted by molar-refractivity contribution is 0.0107. The van der Waals surface area contributed by atoms with Crippen molar-refractivity contribution in [1.82, 2.24) is 9.88 Å². The Hall–Kier alpha value is -1.49. The minimum atomic E-state index is -0.451. The number of anilines is 1. The summed E-state index contributed by atoms with van der Waals surface area (Å²) in [5.41, 5.74) is 0.615. The third-order valence-electron chi connectivity index (χ3n) is 4.25. The molecule has 2 aliphatic heterocycles. The third-order valence-corrected chi connectivity index (χ3v) is 4.47. The van der Waals surface area contributed by atoms with Crippen LogP contribution in [0.15, 0.2) is 18.3 Å². The molecule has 0 radical (unpaired) electrons. The maximum atomic E-state index is 12.2. The van der Waals surface area contributed by atoms with Crippen LogP contribution in [0.4, 0.5) is 10.5 Å². The second kappa shape index (κ2) is 5.61. The quantitative estimate of drug-likeness (QED) is 0.745. The van der Waals surface area contributed by atoms with Crippen molar-refractivity contribution in [3.63, 3.8) is 0 Å². The van der Waals surface area contributed by atoms with E-state index in [9.17, 15) is 4.79 Å². The number of likely N-dealkylation sites (tertiary alicyclic amines) is 1. The van der Waals surface area contributed by atoms with Crippen LogP contribution in [0.25, 0.3) is 0 Å². The number of fused-ring (bicyclic) bond motifs is 1. The van der Waals surface area contributed by atoms with Crippen LogP contribution in [0.3, 0.4) is 0 Å². The minimum absolute atomic E-state index is 0.216. The lowest BCUT2D eigenvalue weighted by atomic mass is 9.82. The highest BCUT2D eigenvalue weighted by molar-refractivity contribution is 6.29. The zero-order valence-electron chi connectivity index (χ0n) is 13.3. The van der Waals surface area contributed by atoms with E-state index in [1.165, 1.54) is 0 Å². The predicted octanol–water partition coefficient (Wildman–Crippen LogP) is 3.18. The molecule has 0 spiro atoms. The molecule has 2 saturated heterocycles. The van der Waals surface area contributed by atoms with Crippen LogP contribution >= 0.6 is 11.6 Å². The smallest absolute Gasteiger partial charge is 0.410 e. The molecular weight excluding hydrogens is 302 g/mol. The van der Waals surface area contributed by atoms with Crippen LogP contribution < -0.4 is 4.90 Å². The van der Waals surface area contributed by atoms with E-state index in [2.05, 4.69) is 9.88 Å². The maximum absolute atomic E-state index is 12.2. The van der Waals surface area contributed by atoms with Gasteiger partial charge in [0.15, 0.2) is 0 Å². The van der Waals surface area contributed by atoms with Crippen molar-refractivity contribution in [3.8, 4) is 0 Å². The van der Waals surface area contributed by atoms with Crippen molar-refractivity contribution in [2.45, 2.75) is 38.8 Å². The molecule has 2 aliphatic rings. The Labute approximate surface area is 136 Å². The van der Waals surface area contributed by atoms with Gasteiger partial charge in [0, 0.05) is 25.6 Å². The van der Waals surface area contributed by atoms with E-state index in [1.54, 1.807) is 12.3 Å². The van der Waals surface area contributed by atoms with Crippen LogP contribution in [-0.2, 0) is 4.74 Å². The number of ether oxygens (including phenoxy) is 1. The topological polar surface area (TPSA) is 45.7 Å². The molecule has 0 aromatic carbocycles. The number of hydrogen-bond acceptors (Lipinski definition) is 4. The van der Waals surface area contributed by atoms with Gasteiger partial charge in [-0.1, -0.05) is 11.6 Å². The number of aromatic nitrogens is 1. The van der Waals surface area contributed by atoms with Gasteiger partial charge < -0.3 is 14.5 Å². The molecule has 0 unspecified atom stereocenters. The first-order chi connectivity index (χ1) is 10.3. The fraction of sp³-hybridized carbons (Fsp3) is 0.625. The molecule has 22 heavy (non-hydrogen) atoms. The Morgan fingerprint density at radius 1 is 1.36 bits per heavy atom. The lowest BCUT2D eigenvalue weighted by Gasteiger charge is -2.54. The third kappa shape index (κ3) is 3.14. The molecule has 0 N–H and O–H groups in total. The second-order valence-corrected chi connectivity index (χ2v) is 7.42. The van der Waals surface area contributed by atoms with Gasteiger partial charge in [0.2, 0.25) is 0 Å². The number of carbonyl (C=O) groups is 1. The first kappa shape index (κ1) is 15.4. The van der Waals surface area contributed by atoms with Crippen molar-refractivity contribution in [2.75, 3.05) is 24.5 Å². The molecule has 3 rings (SSSR count). The van der Waals surface area contributed by atoms with Crippen molar-refractivity contribution in [2.24, 2.45) is 5.92 Å². The Bertz CT molecular complexity index is 556. The molecule has 0 saturated carbocycles. The van der Waals surface area contributed by atoms with Crippen LogP contribution in [-0.4, -0.2) is 47.3 Å². The molecule has 120 valence electrons. The van der Waals surface area contributed by atoms with E-state index < -0.39 is 5.60 Å². The van der Waals surface area contributed by atoms with Gasteiger partial charge in [-0.25, -0.2) is 9.78 Å². The van der Waals surface area contributed by atoms with Crippen LogP contribution in [0, 0.1) is 5.92 Å². The van der Waals surface area contributed by atoms with Gasteiger partial charge in [-0.05, 0) is 39.3 Å². The average molecular weight is 324 g/mol. The van der Waals surface area contributed by atoms with E-state index in [0.29, 0.717) is 23.7 Å². The number of nitrogens with zero attached hydrogens (tertiary/aromatic N) is 3. The van der Waals surface area contributed by atoms with Crippen molar-refractivity contribution >= 4 is 23.4 Å². The van der Waals surface area contributed by atoms with Gasteiger partial charge in [0.1, 0.15) is 10.8 Å². The fourth-order valence-electron chi connectivity index (χ4n) is 3.12. The Morgan fingerprint density at radius 3 is 2.77 bits per heavy atom. The fourth-order valence-corrected chi connectivity index (χ4v) is 3.24. The van der Waals surface area contributed by atoms with E-state index in [0.717, 1.165) is 25.2 Å². The van der Waals surface area contributed by atoms with Crippen LogP contribution in [0.5, 0.6) is 0 Å². The van der Waals surface area contributed by atoms with E-state index in [4.69, 9.17) is 16.3 Å². The SMILES string of the molecule is CC(C)(C)OC(=O)N1CC[C@H]2CN(c3ccc(Cl)nc3)[C@H]2C1. The van der Waals surface area contributed by atoms with Gasteiger partial charge in [-0.2, -0.15) is 0 Å². The van der Waals surface area contributed by atoms with Gasteiger partial charge in [-0.15, -0.1) is 0 Å². The van der Waals surface area contributed by atoms with Gasteiger partial charge >= 0.3 is 6.09 Å². The number of pyridine rings is 1. The summed E-state index contributed by atoms with van der Waals surface area (Å²) in [7, 11) is 0. The van der Waals surface area contributed by atoms with Crippen LogP contribution in [0.1, 0.15) is 27.2 Å². The summed E-state index contributed by atoms with van der Waals surface area (Å²) in [6.07, 6.45) is 2.61. The second-order valence-electron chi connectivity index (χ2n) is 7.03. The normalized spacial score (nSPS) is 24.5.